The van der Waals surface area contributed by atoms with Gasteiger partial charge in [-0.15, -0.1) is 5.10 Å². The maximum atomic E-state index is 4.40. The third kappa shape index (κ3) is 2.91. The van der Waals surface area contributed by atoms with E-state index in [-0.39, 0.29) is 0 Å². The van der Waals surface area contributed by atoms with E-state index in [0.717, 1.165) is 44.9 Å². The first kappa shape index (κ1) is 18.0. The molecule has 6 aromatic rings. The molecule has 0 saturated heterocycles. The SMILES string of the molecule is C=C(Nc1cn[nH]c1-c1cccc(-n2nnc3ccccc32)c1)c1cnn2cccnc12. The molecule has 0 saturated carbocycles. The van der Waals surface area contributed by atoms with Crippen LogP contribution in [0.2, 0.25) is 0 Å². The zero-order valence-electron chi connectivity index (χ0n) is 16.8. The van der Waals surface area contributed by atoms with Crippen LogP contribution in [0.25, 0.3) is 39.3 Å². The van der Waals surface area contributed by atoms with Gasteiger partial charge < -0.3 is 5.32 Å². The van der Waals surface area contributed by atoms with Gasteiger partial charge in [0.1, 0.15) is 5.52 Å². The van der Waals surface area contributed by atoms with Crippen LogP contribution < -0.4 is 5.32 Å². The van der Waals surface area contributed by atoms with Crippen molar-refractivity contribution in [3.63, 3.8) is 0 Å². The van der Waals surface area contributed by atoms with E-state index in [9.17, 15) is 0 Å². The molecule has 32 heavy (non-hydrogen) atoms. The van der Waals surface area contributed by atoms with E-state index in [1.165, 1.54) is 0 Å². The molecule has 9 nitrogen and oxygen atoms in total. The molecule has 0 unspecified atom stereocenters. The van der Waals surface area contributed by atoms with Crippen molar-refractivity contribution in [1.29, 1.82) is 0 Å². The number of nitrogens with zero attached hydrogens (tertiary/aromatic N) is 7. The average molecular weight is 419 g/mol. The Morgan fingerprint density at radius 3 is 2.94 bits per heavy atom. The molecule has 0 atom stereocenters. The van der Waals surface area contributed by atoms with Gasteiger partial charge in [-0.25, -0.2) is 14.2 Å². The Morgan fingerprint density at radius 1 is 1.03 bits per heavy atom. The normalized spacial score (nSPS) is 11.2. The summed E-state index contributed by atoms with van der Waals surface area (Å²) in [5.41, 5.74) is 7.51. The molecule has 2 N–H and O–H groups in total. The quantitative estimate of drug-likeness (QED) is 0.439. The fourth-order valence-corrected chi connectivity index (χ4v) is 3.72. The van der Waals surface area contributed by atoms with Gasteiger partial charge >= 0.3 is 0 Å². The zero-order chi connectivity index (χ0) is 21.5. The fourth-order valence-electron chi connectivity index (χ4n) is 3.72. The van der Waals surface area contributed by atoms with Crippen LogP contribution in [0, 0.1) is 0 Å². The minimum absolute atomic E-state index is 0.680. The van der Waals surface area contributed by atoms with Crippen LogP contribution in [0.15, 0.2) is 86.0 Å². The van der Waals surface area contributed by atoms with E-state index < -0.39 is 0 Å². The maximum Gasteiger partial charge on any atom is 0.164 e. The van der Waals surface area contributed by atoms with E-state index in [2.05, 4.69) is 42.5 Å². The lowest BCUT2D eigenvalue weighted by molar-refractivity contribution is 0.824. The number of hydrogen-bond donors (Lipinski definition) is 2. The predicted molar refractivity (Wildman–Crippen MR) is 122 cm³/mol. The highest BCUT2D eigenvalue weighted by molar-refractivity contribution is 5.87. The van der Waals surface area contributed by atoms with Gasteiger partial charge in [-0.1, -0.05) is 36.1 Å². The summed E-state index contributed by atoms with van der Waals surface area (Å²) in [5.74, 6) is 0. The number of para-hydroxylation sites is 1. The van der Waals surface area contributed by atoms with Gasteiger partial charge in [0.2, 0.25) is 0 Å². The summed E-state index contributed by atoms with van der Waals surface area (Å²) in [6.07, 6.45) is 7.06. The number of nitrogens with one attached hydrogen (secondary N) is 2. The van der Waals surface area contributed by atoms with Crippen molar-refractivity contribution in [1.82, 2.24) is 39.8 Å². The molecular formula is C23H17N9. The van der Waals surface area contributed by atoms with Crippen molar-refractivity contribution in [2.24, 2.45) is 0 Å². The number of hydrogen-bond acceptors (Lipinski definition) is 6. The average Bonchev–Trinajstić information content (AvgIpc) is 3.57. The lowest BCUT2D eigenvalue weighted by Crippen LogP contribution is -2.00. The molecule has 0 spiro atoms. The zero-order valence-corrected chi connectivity index (χ0v) is 16.8. The van der Waals surface area contributed by atoms with Crippen LogP contribution in [0.4, 0.5) is 5.69 Å². The second-order valence-electron chi connectivity index (χ2n) is 7.25. The summed E-state index contributed by atoms with van der Waals surface area (Å²) in [5, 5.41) is 23.6. The number of aromatic nitrogens is 8. The standard InChI is InChI=1S/C23H17N9/c1-15(18-13-26-31-11-5-10-24-23(18)31)27-20-14-25-29-22(20)16-6-4-7-17(12-16)32-21-9-3-2-8-19(21)28-30-32/h2-14,27H,1H2,(H,25,29). The molecule has 0 amide bonds. The summed E-state index contributed by atoms with van der Waals surface area (Å²) in [6, 6.07) is 17.7. The summed E-state index contributed by atoms with van der Waals surface area (Å²) >= 11 is 0. The number of H-pyrrole nitrogens is 1. The molecule has 0 aliphatic carbocycles. The van der Waals surface area contributed by atoms with Crippen LogP contribution in [-0.2, 0) is 0 Å². The van der Waals surface area contributed by atoms with Gasteiger partial charge in [-0.3, -0.25) is 5.10 Å². The molecule has 6 rings (SSSR count). The molecule has 0 aliphatic heterocycles. The first-order valence-electron chi connectivity index (χ1n) is 9.97. The van der Waals surface area contributed by atoms with Crippen LogP contribution >= 0.6 is 0 Å². The fraction of sp³-hybridized carbons (Fsp3) is 0. The van der Waals surface area contributed by atoms with E-state index in [1.807, 2.05) is 65.5 Å². The van der Waals surface area contributed by atoms with E-state index >= 15 is 0 Å². The van der Waals surface area contributed by atoms with Gasteiger partial charge in [0.05, 0.1) is 40.5 Å². The van der Waals surface area contributed by atoms with Gasteiger partial charge in [0, 0.05) is 23.7 Å². The molecule has 0 radical (unpaired) electrons. The van der Waals surface area contributed by atoms with Crippen LogP contribution in [0.3, 0.4) is 0 Å². The van der Waals surface area contributed by atoms with Crippen molar-refractivity contribution in [2.75, 3.05) is 5.32 Å². The highest BCUT2D eigenvalue weighted by atomic mass is 15.4. The van der Waals surface area contributed by atoms with Gasteiger partial charge in [-0.05, 0) is 30.3 Å². The van der Waals surface area contributed by atoms with Gasteiger partial charge in [-0.2, -0.15) is 10.2 Å². The smallest absolute Gasteiger partial charge is 0.164 e. The second kappa shape index (κ2) is 7.17. The molecular weight excluding hydrogens is 402 g/mol. The molecule has 0 bridgehead atoms. The van der Waals surface area contributed by atoms with Crippen molar-refractivity contribution < 1.29 is 0 Å². The van der Waals surface area contributed by atoms with E-state index in [0.29, 0.717) is 5.70 Å². The Balaban J connectivity index is 1.35. The lowest BCUT2D eigenvalue weighted by atomic mass is 10.1. The molecule has 154 valence electrons. The van der Waals surface area contributed by atoms with Crippen LogP contribution in [0.5, 0.6) is 0 Å². The minimum Gasteiger partial charge on any atom is -0.352 e. The monoisotopic (exact) mass is 419 g/mol. The second-order valence-corrected chi connectivity index (χ2v) is 7.25. The first-order chi connectivity index (χ1) is 15.8. The van der Waals surface area contributed by atoms with Crippen molar-refractivity contribution in [2.45, 2.75) is 0 Å². The number of rotatable bonds is 5. The molecule has 2 aromatic carbocycles. The Hall–Kier alpha value is -4.79. The highest BCUT2D eigenvalue weighted by Gasteiger charge is 2.14. The Bertz CT molecular complexity index is 1590. The van der Waals surface area contributed by atoms with Crippen LogP contribution in [-0.4, -0.2) is 39.8 Å². The van der Waals surface area contributed by atoms with E-state index in [4.69, 9.17) is 0 Å². The topological polar surface area (TPSA) is 102 Å². The Labute approximate surface area is 182 Å². The third-order valence-electron chi connectivity index (χ3n) is 5.26. The van der Waals surface area contributed by atoms with Gasteiger partial charge in [0.15, 0.2) is 5.65 Å². The largest absolute Gasteiger partial charge is 0.352 e. The van der Waals surface area contributed by atoms with Crippen molar-refractivity contribution in [3.05, 3.63) is 91.5 Å². The number of anilines is 1. The van der Waals surface area contributed by atoms with E-state index in [1.54, 1.807) is 23.1 Å². The highest BCUT2D eigenvalue weighted by Crippen LogP contribution is 2.30. The summed E-state index contributed by atoms with van der Waals surface area (Å²) in [7, 11) is 0. The number of benzene rings is 2. The number of aromatic amines is 1. The molecule has 9 heteroatoms. The maximum absolute atomic E-state index is 4.40. The van der Waals surface area contributed by atoms with Gasteiger partial charge in [0.25, 0.3) is 0 Å². The molecule has 0 fully saturated rings. The molecule has 4 heterocycles. The molecule has 4 aromatic heterocycles. The first-order valence-corrected chi connectivity index (χ1v) is 9.97. The third-order valence-corrected chi connectivity index (χ3v) is 5.26. The lowest BCUT2D eigenvalue weighted by Gasteiger charge is -2.10. The predicted octanol–water partition coefficient (Wildman–Crippen LogP) is 3.94. The summed E-state index contributed by atoms with van der Waals surface area (Å²) in [6.45, 7) is 4.18. The van der Waals surface area contributed by atoms with Crippen LogP contribution in [0.1, 0.15) is 5.56 Å². The summed E-state index contributed by atoms with van der Waals surface area (Å²) < 4.78 is 3.54. The minimum atomic E-state index is 0.680. The molecule has 0 aliphatic rings. The summed E-state index contributed by atoms with van der Waals surface area (Å²) in [4.78, 5) is 4.40. The number of fused-ring (bicyclic) bond motifs is 2. The Kier molecular flexibility index (Phi) is 4.04. The van der Waals surface area contributed by atoms with Crippen molar-refractivity contribution in [3.8, 4) is 16.9 Å². The Morgan fingerprint density at radius 2 is 1.97 bits per heavy atom. The van der Waals surface area contributed by atoms with Crippen molar-refractivity contribution >= 4 is 28.1 Å².